The lowest BCUT2D eigenvalue weighted by atomic mass is 10.2. The molecule has 1 aliphatic heterocycles. The number of aliphatic hydroxyl groups is 1. The number of aromatic nitrogens is 1. The lowest BCUT2D eigenvalue weighted by molar-refractivity contribution is -0.286. The molecule has 3 rings (SSSR count). The minimum Gasteiger partial charge on any atom is -0.395 e. The molecule has 1 atom stereocenters. The first-order valence-electron chi connectivity index (χ1n) is 7.23. The van der Waals surface area contributed by atoms with Crippen LogP contribution in [0.3, 0.4) is 0 Å². The van der Waals surface area contributed by atoms with E-state index in [1.807, 2.05) is 0 Å². The second kappa shape index (κ2) is 6.12. The highest BCUT2D eigenvalue weighted by atomic mass is 32.1. The molecule has 1 N–H and O–H groups in total. The summed E-state index contributed by atoms with van der Waals surface area (Å²) in [5, 5.41) is 9.79. The minimum atomic E-state index is -3.71. The molecule has 0 saturated carbocycles. The molecule has 2 amide bonds. The monoisotopic (exact) mass is 371 g/mol. The molecule has 0 bridgehead atoms. The van der Waals surface area contributed by atoms with Crippen LogP contribution in [0.15, 0.2) is 29.4 Å². The number of thiazole rings is 1. The van der Waals surface area contributed by atoms with E-state index in [1.54, 1.807) is 27.2 Å². The number of benzene rings is 1. The number of hydrogen-bond acceptors (Lipinski definition) is 5. The smallest absolute Gasteiger partial charge is 0.395 e. The summed E-state index contributed by atoms with van der Waals surface area (Å²) in [6.45, 7) is 1.58. The van der Waals surface area contributed by atoms with Gasteiger partial charge in [-0.1, -0.05) is 11.3 Å². The molecule has 10 heteroatoms. The maximum absolute atomic E-state index is 13.2. The number of hydrogen-bond donors (Lipinski definition) is 1. The molecule has 7 nitrogen and oxygen atoms in total. The molecule has 1 aliphatic rings. The van der Waals surface area contributed by atoms with Crippen LogP contribution < -0.4 is 14.3 Å². The predicted octanol–water partition coefficient (Wildman–Crippen LogP) is 2.50. The highest BCUT2D eigenvalue weighted by Gasteiger charge is 2.43. The first-order valence-corrected chi connectivity index (χ1v) is 8.04. The molecule has 0 aliphatic carbocycles. The number of rotatable bonds is 2. The van der Waals surface area contributed by atoms with Gasteiger partial charge in [0.05, 0.1) is 16.7 Å². The van der Waals surface area contributed by atoms with Crippen LogP contribution in [0.5, 0.6) is 11.5 Å². The summed E-state index contributed by atoms with van der Waals surface area (Å²) in [4.78, 5) is 18.0. The Morgan fingerprint density at radius 1 is 1.36 bits per heavy atom. The summed E-state index contributed by atoms with van der Waals surface area (Å²) in [6.07, 6.45) is -2.89. The van der Waals surface area contributed by atoms with Crippen molar-refractivity contribution in [3.63, 3.8) is 0 Å². The lowest BCUT2D eigenvalue weighted by Crippen LogP contribution is -2.26. The third-order valence-electron chi connectivity index (χ3n) is 3.32. The Bertz CT molecular complexity index is 889. The zero-order valence-corrected chi connectivity index (χ0v) is 14.4. The largest absolute Gasteiger partial charge is 0.586 e. The second-order valence-electron chi connectivity index (χ2n) is 5.55. The van der Waals surface area contributed by atoms with Crippen LogP contribution in [0.2, 0.25) is 0 Å². The molecular formula is C15H15F2N3O4S. The van der Waals surface area contributed by atoms with Gasteiger partial charge in [-0.3, -0.25) is 4.57 Å². The standard InChI is InChI=1S/C15H15F2N3O4S/c1-8(21)12-7-20(14(25-12)18-13(22)19(2)3)9-4-5-10-11(6-9)24-15(16,17)23-10/h4-8,21H,1-3H3. The van der Waals surface area contributed by atoms with E-state index in [9.17, 15) is 18.7 Å². The number of amides is 2. The van der Waals surface area contributed by atoms with Crippen molar-refractivity contribution in [2.45, 2.75) is 19.3 Å². The summed E-state index contributed by atoms with van der Waals surface area (Å²) >= 11 is 1.12. The molecule has 25 heavy (non-hydrogen) atoms. The van der Waals surface area contributed by atoms with Gasteiger partial charge in [0.25, 0.3) is 0 Å². The second-order valence-corrected chi connectivity index (χ2v) is 6.59. The van der Waals surface area contributed by atoms with Crippen LogP contribution in [0.1, 0.15) is 17.9 Å². The number of aliphatic hydroxyl groups excluding tert-OH is 1. The Morgan fingerprint density at radius 3 is 2.68 bits per heavy atom. The number of halogens is 2. The molecule has 2 aromatic rings. The van der Waals surface area contributed by atoms with E-state index >= 15 is 0 Å². The topological polar surface area (TPSA) is 76.3 Å². The van der Waals surface area contributed by atoms with Gasteiger partial charge in [0, 0.05) is 26.4 Å². The summed E-state index contributed by atoms with van der Waals surface area (Å²) in [7, 11) is 3.12. The number of urea groups is 1. The van der Waals surface area contributed by atoms with Gasteiger partial charge in [0.2, 0.25) is 0 Å². The van der Waals surface area contributed by atoms with Crippen molar-refractivity contribution in [1.82, 2.24) is 9.47 Å². The normalized spacial score (nSPS) is 16.8. The molecular weight excluding hydrogens is 356 g/mol. The van der Waals surface area contributed by atoms with Gasteiger partial charge >= 0.3 is 12.3 Å². The Morgan fingerprint density at radius 2 is 2.04 bits per heavy atom. The van der Waals surface area contributed by atoms with Gasteiger partial charge in [0.1, 0.15) is 0 Å². The zero-order valence-electron chi connectivity index (χ0n) is 13.6. The quantitative estimate of drug-likeness (QED) is 0.880. The first-order chi connectivity index (χ1) is 11.7. The zero-order chi connectivity index (χ0) is 18.4. The Balaban J connectivity index is 2.10. The van der Waals surface area contributed by atoms with Crippen molar-refractivity contribution in [1.29, 1.82) is 0 Å². The van der Waals surface area contributed by atoms with Gasteiger partial charge in [-0.25, -0.2) is 4.79 Å². The van der Waals surface area contributed by atoms with Crippen LogP contribution in [-0.2, 0) is 0 Å². The van der Waals surface area contributed by atoms with Crippen LogP contribution in [0, 0.1) is 0 Å². The maximum atomic E-state index is 13.2. The number of fused-ring (bicyclic) bond motifs is 1. The van der Waals surface area contributed by atoms with Crippen molar-refractivity contribution in [3.05, 3.63) is 34.1 Å². The van der Waals surface area contributed by atoms with Crippen LogP contribution in [-0.4, -0.2) is 41.0 Å². The summed E-state index contributed by atoms with van der Waals surface area (Å²) in [6, 6.07) is 3.74. The molecule has 0 spiro atoms. The third-order valence-corrected chi connectivity index (χ3v) is 4.47. The number of nitrogens with zero attached hydrogens (tertiary/aromatic N) is 3. The van der Waals surface area contributed by atoms with Gasteiger partial charge in [-0.05, 0) is 19.1 Å². The molecule has 0 radical (unpaired) electrons. The van der Waals surface area contributed by atoms with Crippen molar-refractivity contribution in [3.8, 4) is 17.2 Å². The molecule has 134 valence electrons. The molecule has 1 aromatic heterocycles. The summed E-state index contributed by atoms with van der Waals surface area (Å²) in [5.41, 5.74) is 0.438. The van der Waals surface area contributed by atoms with E-state index in [4.69, 9.17) is 0 Å². The van der Waals surface area contributed by atoms with Crippen molar-refractivity contribution < 1.29 is 28.2 Å². The number of ether oxygens (including phenoxy) is 2. The first kappa shape index (κ1) is 17.4. The van der Waals surface area contributed by atoms with Gasteiger partial charge in [0.15, 0.2) is 16.3 Å². The van der Waals surface area contributed by atoms with Crippen molar-refractivity contribution in [2.75, 3.05) is 14.1 Å². The van der Waals surface area contributed by atoms with Gasteiger partial charge in [-0.2, -0.15) is 4.99 Å². The third kappa shape index (κ3) is 3.49. The molecule has 2 heterocycles. The maximum Gasteiger partial charge on any atom is 0.586 e. The lowest BCUT2D eigenvalue weighted by Gasteiger charge is -2.06. The average Bonchev–Trinajstić information content (AvgIpc) is 3.05. The van der Waals surface area contributed by atoms with Crippen LogP contribution in [0.4, 0.5) is 13.6 Å². The summed E-state index contributed by atoms with van der Waals surface area (Å²) in [5.74, 6) is -0.201. The van der Waals surface area contributed by atoms with Gasteiger partial charge in [-0.15, -0.1) is 8.78 Å². The molecule has 0 fully saturated rings. The van der Waals surface area contributed by atoms with Gasteiger partial charge < -0.3 is 19.5 Å². The van der Waals surface area contributed by atoms with E-state index in [0.29, 0.717) is 15.4 Å². The minimum absolute atomic E-state index is 0.0804. The molecule has 1 aromatic carbocycles. The fourth-order valence-corrected chi connectivity index (χ4v) is 3.01. The highest BCUT2D eigenvalue weighted by Crippen LogP contribution is 2.41. The van der Waals surface area contributed by atoms with E-state index in [-0.39, 0.29) is 11.5 Å². The van der Waals surface area contributed by atoms with Crippen LogP contribution >= 0.6 is 11.3 Å². The number of alkyl halides is 2. The number of carbonyl (C=O) groups is 1. The van der Waals surface area contributed by atoms with E-state index in [1.165, 1.54) is 27.7 Å². The van der Waals surface area contributed by atoms with Crippen molar-refractivity contribution in [2.24, 2.45) is 4.99 Å². The average molecular weight is 371 g/mol. The van der Waals surface area contributed by atoms with E-state index in [2.05, 4.69) is 14.5 Å². The Kier molecular flexibility index (Phi) is 4.25. The highest BCUT2D eigenvalue weighted by molar-refractivity contribution is 7.09. The molecule has 0 saturated heterocycles. The molecule has 1 unspecified atom stereocenters. The predicted molar refractivity (Wildman–Crippen MR) is 85.1 cm³/mol. The number of carbonyl (C=O) groups excluding carboxylic acids is 1. The van der Waals surface area contributed by atoms with Crippen LogP contribution in [0.25, 0.3) is 5.69 Å². The summed E-state index contributed by atoms with van der Waals surface area (Å²) < 4.78 is 36.7. The Labute approximate surface area is 145 Å². The fraction of sp³-hybridized carbons (Fsp3) is 0.333. The SMILES string of the molecule is CC(O)c1cn(-c2ccc3c(c2)OC(F)(F)O3)c(=NC(=O)N(C)C)s1. The van der Waals surface area contributed by atoms with Crippen molar-refractivity contribution >= 4 is 17.4 Å². The van der Waals surface area contributed by atoms with E-state index in [0.717, 1.165) is 11.3 Å². The van der Waals surface area contributed by atoms with E-state index < -0.39 is 18.4 Å². The fourth-order valence-electron chi connectivity index (χ4n) is 2.09. The Hall–Kier alpha value is -2.46.